The normalized spacial score (nSPS) is 23.9. The number of amides is 1. The standard InChI is InChI=1S/C15H23N5O/c1-18-4-6-19(7-5-18)13-2-3-14(17-10-13)20-11-12(9-16)8-15(20)21/h2-3,10,12H,4-9,11,16H2,1H3. The predicted octanol–water partition coefficient (Wildman–Crippen LogP) is 0.145. The Morgan fingerprint density at radius 3 is 2.62 bits per heavy atom. The highest BCUT2D eigenvalue weighted by Crippen LogP contribution is 2.24. The summed E-state index contributed by atoms with van der Waals surface area (Å²) in [4.78, 5) is 22.9. The molecule has 1 unspecified atom stereocenters. The zero-order chi connectivity index (χ0) is 14.8. The SMILES string of the molecule is CN1CCN(c2ccc(N3CC(CN)CC3=O)nc2)CC1. The molecule has 0 spiro atoms. The molecule has 0 aliphatic carbocycles. The van der Waals surface area contributed by atoms with E-state index in [0.29, 0.717) is 19.5 Å². The molecular weight excluding hydrogens is 266 g/mol. The number of pyridine rings is 1. The number of hydrogen-bond acceptors (Lipinski definition) is 5. The van der Waals surface area contributed by atoms with Gasteiger partial charge in [0.1, 0.15) is 5.82 Å². The van der Waals surface area contributed by atoms with Crippen LogP contribution in [0.25, 0.3) is 0 Å². The molecule has 0 saturated carbocycles. The topological polar surface area (TPSA) is 65.7 Å². The molecule has 0 bridgehead atoms. The molecule has 2 aliphatic heterocycles. The first-order valence-electron chi connectivity index (χ1n) is 7.57. The van der Waals surface area contributed by atoms with Crippen LogP contribution in [-0.4, -0.2) is 62.1 Å². The minimum absolute atomic E-state index is 0.130. The maximum Gasteiger partial charge on any atom is 0.228 e. The Bertz CT molecular complexity index is 495. The van der Waals surface area contributed by atoms with Crippen molar-refractivity contribution in [2.24, 2.45) is 11.7 Å². The first-order valence-corrected chi connectivity index (χ1v) is 7.57. The van der Waals surface area contributed by atoms with Crippen LogP contribution in [0.4, 0.5) is 11.5 Å². The highest BCUT2D eigenvalue weighted by Gasteiger charge is 2.30. The number of anilines is 2. The largest absolute Gasteiger partial charge is 0.368 e. The van der Waals surface area contributed by atoms with Gasteiger partial charge in [0, 0.05) is 39.1 Å². The van der Waals surface area contributed by atoms with Crippen molar-refractivity contribution in [3.63, 3.8) is 0 Å². The lowest BCUT2D eigenvalue weighted by Gasteiger charge is -2.33. The summed E-state index contributed by atoms with van der Waals surface area (Å²) in [5.74, 6) is 1.13. The van der Waals surface area contributed by atoms with Gasteiger partial charge in [0.15, 0.2) is 0 Å². The predicted molar refractivity (Wildman–Crippen MR) is 83.5 cm³/mol. The Hall–Kier alpha value is -1.66. The van der Waals surface area contributed by atoms with E-state index >= 15 is 0 Å². The van der Waals surface area contributed by atoms with E-state index in [1.165, 1.54) is 0 Å². The summed E-state index contributed by atoms with van der Waals surface area (Å²) < 4.78 is 0. The van der Waals surface area contributed by atoms with Gasteiger partial charge in [-0.05, 0) is 31.6 Å². The van der Waals surface area contributed by atoms with Gasteiger partial charge in [-0.25, -0.2) is 4.98 Å². The first kappa shape index (κ1) is 14.3. The maximum atomic E-state index is 12.0. The number of rotatable bonds is 3. The Kier molecular flexibility index (Phi) is 4.07. The smallest absolute Gasteiger partial charge is 0.228 e. The molecule has 6 heteroatoms. The third-order valence-corrected chi connectivity index (χ3v) is 4.42. The van der Waals surface area contributed by atoms with Gasteiger partial charge in [-0.1, -0.05) is 0 Å². The van der Waals surface area contributed by atoms with Crippen LogP contribution in [0.5, 0.6) is 0 Å². The molecule has 114 valence electrons. The molecule has 1 aromatic rings. The molecule has 21 heavy (non-hydrogen) atoms. The summed E-state index contributed by atoms with van der Waals surface area (Å²) >= 11 is 0. The second-order valence-corrected chi connectivity index (χ2v) is 5.98. The molecule has 1 amide bonds. The molecule has 1 atom stereocenters. The van der Waals surface area contributed by atoms with Crippen molar-refractivity contribution in [2.75, 3.05) is 56.1 Å². The van der Waals surface area contributed by atoms with Gasteiger partial charge >= 0.3 is 0 Å². The molecule has 0 radical (unpaired) electrons. The van der Waals surface area contributed by atoms with Gasteiger partial charge < -0.3 is 15.5 Å². The molecular formula is C15H23N5O. The summed E-state index contributed by atoms with van der Waals surface area (Å²) in [6.45, 7) is 5.44. The van der Waals surface area contributed by atoms with Crippen molar-refractivity contribution in [1.82, 2.24) is 9.88 Å². The lowest BCUT2D eigenvalue weighted by atomic mass is 10.1. The van der Waals surface area contributed by atoms with Crippen molar-refractivity contribution in [3.05, 3.63) is 18.3 Å². The van der Waals surface area contributed by atoms with E-state index in [9.17, 15) is 4.79 Å². The van der Waals surface area contributed by atoms with Crippen molar-refractivity contribution in [1.29, 1.82) is 0 Å². The van der Waals surface area contributed by atoms with Crippen molar-refractivity contribution < 1.29 is 4.79 Å². The summed E-state index contributed by atoms with van der Waals surface area (Å²) in [7, 11) is 2.14. The van der Waals surface area contributed by atoms with Crippen LogP contribution in [0.3, 0.4) is 0 Å². The fourth-order valence-corrected chi connectivity index (χ4v) is 2.95. The zero-order valence-corrected chi connectivity index (χ0v) is 12.5. The quantitative estimate of drug-likeness (QED) is 0.858. The Morgan fingerprint density at radius 1 is 1.29 bits per heavy atom. The van der Waals surface area contributed by atoms with Crippen LogP contribution in [-0.2, 0) is 4.79 Å². The van der Waals surface area contributed by atoms with Gasteiger partial charge in [0.05, 0.1) is 11.9 Å². The summed E-state index contributed by atoms with van der Waals surface area (Å²) in [6, 6.07) is 4.02. The molecule has 6 nitrogen and oxygen atoms in total. The molecule has 3 heterocycles. The Labute approximate surface area is 125 Å². The lowest BCUT2D eigenvalue weighted by Crippen LogP contribution is -2.44. The molecule has 2 N–H and O–H groups in total. The minimum atomic E-state index is 0.130. The number of carbonyl (C=O) groups is 1. The minimum Gasteiger partial charge on any atom is -0.368 e. The van der Waals surface area contributed by atoms with Crippen molar-refractivity contribution in [2.45, 2.75) is 6.42 Å². The van der Waals surface area contributed by atoms with E-state index in [1.54, 1.807) is 4.90 Å². The summed E-state index contributed by atoms with van der Waals surface area (Å²) in [5, 5.41) is 0. The molecule has 2 aliphatic rings. The number of carbonyl (C=O) groups excluding carboxylic acids is 1. The second-order valence-electron chi connectivity index (χ2n) is 5.98. The summed E-state index contributed by atoms with van der Waals surface area (Å²) in [5.41, 5.74) is 6.79. The molecule has 2 saturated heterocycles. The van der Waals surface area contributed by atoms with Crippen LogP contribution in [0.2, 0.25) is 0 Å². The van der Waals surface area contributed by atoms with Crippen LogP contribution in [0, 0.1) is 5.92 Å². The number of piperazine rings is 1. The van der Waals surface area contributed by atoms with Crippen LogP contribution in [0.1, 0.15) is 6.42 Å². The number of likely N-dealkylation sites (N-methyl/N-ethyl adjacent to an activating group) is 1. The van der Waals surface area contributed by atoms with Crippen LogP contribution >= 0.6 is 0 Å². The fraction of sp³-hybridized carbons (Fsp3) is 0.600. The van der Waals surface area contributed by atoms with Gasteiger partial charge in [-0.2, -0.15) is 0 Å². The number of aromatic nitrogens is 1. The first-order chi connectivity index (χ1) is 10.2. The third-order valence-electron chi connectivity index (χ3n) is 4.42. The van der Waals surface area contributed by atoms with E-state index < -0.39 is 0 Å². The maximum absolute atomic E-state index is 12.0. The molecule has 2 fully saturated rings. The zero-order valence-electron chi connectivity index (χ0n) is 12.5. The van der Waals surface area contributed by atoms with E-state index in [-0.39, 0.29) is 11.8 Å². The van der Waals surface area contributed by atoms with E-state index in [1.807, 2.05) is 12.3 Å². The summed E-state index contributed by atoms with van der Waals surface area (Å²) in [6.07, 6.45) is 2.42. The van der Waals surface area contributed by atoms with E-state index in [4.69, 9.17) is 5.73 Å². The number of nitrogens with zero attached hydrogens (tertiary/aromatic N) is 4. The molecule has 3 rings (SSSR count). The highest BCUT2D eigenvalue weighted by molar-refractivity contribution is 5.94. The van der Waals surface area contributed by atoms with Gasteiger partial charge in [-0.3, -0.25) is 9.69 Å². The fourth-order valence-electron chi connectivity index (χ4n) is 2.95. The molecule has 0 aromatic carbocycles. The van der Waals surface area contributed by atoms with Gasteiger partial charge in [0.2, 0.25) is 5.91 Å². The van der Waals surface area contributed by atoms with Crippen molar-refractivity contribution in [3.8, 4) is 0 Å². The molecule has 1 aromatic heterocycles. The average molecular weight is 289 g/mol. The second kappa shape index (κ2) is 5.99. The van der Waals surface area contributed by atoms with E-state index in [0.717, 1.165) is 37.7 Å². The lowest BCUT2D eigenvalue weighted by molar-refractivity contribution is -0.117. The number of nitrogens with two attached hydrogens (primary N) is 1. The van der Waals surface area contributed by atoms with E-state index in [2.05, 4.69) is 27.9 Å². The van der Waals surface area contributed by atoms with Gasteiger partial charge in [-0.15, -0.1) is 0 Å². The van der Waals surface area contributed by atoms with Crippen LogP contribution < -0.4 is 15.5 Å². The average Bonchev–Trinajstić information content (AvgIpc) is 2.89. The van der Waals surface area contributed by atoms with Crippen LogP contribution in [0.15, 0.2) is 18.3 Å². The number of hydrogen-bond donors (Lipinski definition) is 1. The Balaban J connectivity index is 1.68. The monoisotopic (exact) mass is 289 g/mol. The van der Waals surface area contributed by atoms with Crippen molar-refractivity contribution >= 4 is 17.4 Å². The third kappa shape index (κ3) is 3.01. The highest BCUT2D eigenvalue weighted by atomic mass is 16.2. The van der Waals surface area contributed by atoms with Gasteiger partial charge in [0.25, 0.3) is 0 Å². The Morgan fingerprint density at radius 2 is 2.05 bits per heavy atom.